The smallest absolute Gasteiger partial charge is 0.478 e. The molecule has 3 rings (SSSR count). The second-order valence-electron chi connectivity index (χ2n) is 6.61. The molecule has 0 bridgehead atoms. The third kappa shape index (κ3) is 6.63. The molecule has 0 saturated carbocycles. The fourth-order valence-electron chi connectivity index (χ4n) is 2.92. The van der Waals surface area contributed by atoms with Gasteiger partial charge in [-0.1, -0.05) is 12.1 Å². The summed E-state index contributed by atoms with van der Waals surface area (Å²) >= 11 is 0. The number of amides is 1. The van der Waals surface area contributed by atoms with E-state index in [2.05, 4.69) is 4.74 Å². The topological polar surface area (TPSA) is 42.0 Å². The average molecular weight is 412 g/mol. The standard InChI is InChI=1S/C20H20F4N2O3/c21-16-4-8-17(9-5-16)28-14-25-11-12-26(13-25)19(27)10-3-15-1-6-18(7-2-15)29-20(22,23)24/h1-2,4-9H,3,10-14H2. The highest BCUT2D eigenvalue weighted by Gasteiger charge is 2.31. The van der Waals surface area contributed by atoms with Crippen LogP contribution in [0.25, 0.3) is 0 Å². The summed E-state index contributed by atoms with van der Waals surface area (Å²) in [6, 6.07) is 11.2. The van der Waals surface area contributed by atoms with Gasteiger partial charge in [-0.05, 0) is 48.4 Å². The van der Waals surface area contributed by atoms with Gasteiger partial charge in [0.1, 0.15) is 24.0 Å². The Morgan fingerprint density at radius 3 is 2.28 bits per heavy atom. The Morgan fingerprint density at radius 1 is 0.966 bits per heavy atom. The number of benzene rings is 2. The van der Waals surface area contributed by atoms with Crippen molar-refractivity contribution in [1.82, 2.24) is 9.80 Å². The quantitative estimate of drug-likeness (QED) is 0.649. The van der Waals surface area contributed by atoms with Gasteiger partial charge in [0.15, 0.2) is 0 Å². The molecule has 9 heteroatoms. The lowest BCUT2D eigenvalue weighted by molar-refractivity contribution is -0.274. The third-order valence-electron chi connectivity index (χ3n) is 4.42. The van der Waals surface area contributed by atoms with Gasteiger partial charge in [0.2, 0.25) is 5.91 Å². The van der Waals surface area contributed by atoms with Crippen molar-refractivity contribution >= 4 is 5.91 Å². The van der Waals surface area contributed by atoms with Crippen LogP contribution in [-0.2, 0) is 11.2 Å². The predicted octanol–water partition coefficient (Wildman–Crippen LogP) is 3.80. The molecule has 0 N–H and O–H groups in total. The molecule has 156 valence electrons. The second kappa shape index (κ2) is 9.13. The molecule has 5 nitrogen and oxygen atoms in total. The summed E-state index contributed by atoms with van der Waals surface area (Å²) in [7, 11) is 0. The van der Waals surface area contributed by atoms with Gasteiger partial charge in [-0.15, -0.1) is 13.2 Å². The van der Waals surface area contributed by atoms with Crippen LogP contribution < -0.4 is 9.47 Å². The predicted molar refractivity (Wildman–Crippen MR) is 96.6 cm³/mol. The number of alkyl halides is 3. The molecule has 0 spiro atoms. The molecule has 1 heterocycles. The van der Waals surface area contributed by atoms with Gasteiger partial charge in [-0.25, -0.2) is 4.39 Å². The molecule has 0 aromatic heterocycles. The first-order chi connectivity index (χ1) is 13.8. The van der Waals surface area contributed by atoms with Crippen LogP contribution >= 0.6 is 0 Å². The monoisotopic (exact) mass is 412 g/mol. The van der Waals surface area contributed by atoms with E-state index in [9.17, 15) is 22.4 Å². The fourth-order valence-corrected chi connectivity index (χ4v) is 2.92. The summed E-state index contributed by atoms with van der Waals surface area (Å²) in [4.78, 5) is 16.0. The van der Waals surface area contributed by atoms with Gasteiger partial charge < -0.3 is 14.4 Å². The number of halogens is 4. The van der Waals surface area contributed by atoms with Crippen LogP contribution in [0.15, 0.2) is 48.5 Å². The molecule has 0 radical (unpaired) electrons. The summed E-state index contributed by atoms with van der Waals surface area (Å²) in [5.74, 6) is -0.110. The molecule has 0 aliphatic carbocycles. The number of ether oxygens (including phenoxy) is 2. The van der Waals surface area contributed by atoms with Crippen molar-refractivity contribution in [2.24, 2.45) is 0 Å². The molecule has 1 aliphatic rings. The van der Waals surface area contributed by atoms with E-state index in [-0.39, 0.29) is 30.6 Å². The Kier molecular flexibility index (Phi) is 6.58. The molecular formula is C20H20F4N2O3. The molecule has 0 atom stereocenters. The average Bonchev–Trinajstić information content (AvgIpc) is 3.15. The van der Waals surface area contributed by atoms with Crippen molar-refractivity contribution in [3.63, 3.8) is 0 Å². The lowest BCUT2D eigenvalue weighted by Crippen LogP contribution is -2.32. The lowest BCUT2D eigenvalue weighted by Gasteiger charge is -2.18. The first-order valence-corrected chi connectivity index (χ1v) is 9.02. The van der Waals surface area contributed by atoms with Crippen molar-refractivity contribution in [2.75, 3.05) is 26.5 Å². The van der Waals surface area contributed by atoms with Gasteiger partial charge in [-0.3, -0.25) is 9.69 Å². The van der Waals surface area contributed by atoms with Gasteiger partial charge in [-0.2, -0.15) is 0 Å². The van der Waals surface area contributed by atoms with Crippen LogP contribution in [0.3, 0.4) is 0 Å². The van der Waals surface area contributed by atoms with Gasteiger partial charge in [0.25, 0.3) is 0 Å². The lowest BCUT2D eigenvalue weighted by atomic mass is 10.1. The molecule has 1 amide bonds. The van der Waals surface area contributed by atoms with Crippen LogP contribution in [0.4, 0.5) is 17.6 Å². The summed E-state index contributed by atoms with van der Waals surface area (Å²) < 4.78 is 58.8. The molecule has 1 saturated heterocycles. The van der Waals surface area contributed by atoms with E-state index < -0.39 is 6.36 Å². The molecule has 29 heavy (non-hydrogen) atoms. The number of aryl methyl sites for hydroxylation is 1. The molecule has 2 aromatic rings. The Hall–Kier alpha value is -2.81. The minimum Gasteiger partial charge on any atom is -0.478 e. The fraction of sp³-hybridized carbons (Fsp3) is 0.350. The minimum atomic E-state index is -4.72. The molecule has 1 aliphatic heterocycles. The SMILES string of the molecule is O=C(CCc1ccc(OC(F)(F)F)cc1)N1CCN(COc2ccc(F)cc2)C1. The van der Waals surface area contributed by atoms with Crippen molar-refractivity contribution in [2.45, 2.75) is 19.2 Å². The van der Waals surface area contributed by atoms with Gasteiger partial charge in [0.05, 0.1) is 6.67 Å². The summed E-state index contributed by atoms with van der Waals surface area (Å²) in [6.07, 6.45) is -4.04. The van der Waals surface area contributed by atoms with Crippen LogP contribution in [0.1, 0.15) is 12.0 Å². The van der Waals surface area contributed by atoms with E-state index >= 15 is 0 Å². The number of nitrogens with zero attached hydrogens (tertiary/aromatic N) is 2. The van der Waals surface area contributed by atoms with E-state index in [0.29, 0.717) is 31.9 Å². The zero-order chi connectivity index (χ0) is 20.9. The van der Waals surface area contributed by atoms with Gasteiger partial charge >= 0.3 is 6.36 Å². The van der Waals surface area contributed by atoms with Crippen LogP contribution in [-0.4, -0.2) is 48.6 Å². The Morgan fingerprint density at radius 2 is 1.62 bits per heavy atom. The maximum Gasteiger partial charge on any atom is 0.573 e. The first-order valence-electron chi connectivity index (χ1n) is 9.02. The van der Waals surface area contributed by atoms with E-state index in [4.69, 9.17) is 4.74 Å². The minimum absolute atomic E-state index is 0.0371. The van der Waals surface area contributed by atoms with Crippen molar-refractivity contribution < 1.29 is 31.8 Å². The summed E-state index contributed by atoms with van der Waals surface area (Å²) in [6.45, 7) is 1.95. The summed E-state index contributed by atoms with van der Waals surface area (Å²) in [5, 5.41) is 0. The van der Waals surface area contributed by atoms with Crippen molar-refractivity contribution in [1.29, 1.82) is 0 Å². The highest BCUT2D eigenvalue weighted by Crippen LogP contribution is 2.23. The van der Waals surface area contributed by atoms with Crippen molar-refractivity contribution in [3.05, 3.63) is 59.9 Å². The number of hydrogen-bond donors (Lipinski definition) is 0. The largest absolute Gasteiger partial charge is 0.573 e. The van der Waals surface area contributed by atoms with E-state index in [1.165, 1.54) is 36.4 Å². The summed E-state index contributed by atoms with van der Waals surface area (Å²) in [5.41, 5.74) is 0.753. The normalized spacial score (nSPS) is 14.8. The zero-order valence-corrected chi connectivity index (χ0v) is 15.5. The van der Waals surface area contributed by atoms with Crippen LogP contribution in [0, 0.1) is 5.82 Å². The number of rotatable bonds is 7. The highest BCUT2D eigenvalue weighted by atomic mass is 19.4. The molecule has 2 aromatic carbocycles. The maximum absolute atomic E-state index is 12.9. The third-order valence-corrected chi connectivity index (χ3v) is 4.42. The van der Waals surface area contributed by atoms with Gasteiger partial charge in [0, 0.05) is 19.5 Å². The number of carbonyl (C=O) groups excluding carboxylic acids is 1. The van der Waals surface area contributed by atoms with E-state index in [1.807, 2.05) is 4.90 Å². The first kappa shape index (κ1) is 20.9. The van der Waals surface area contributed by atoms with Crippen LogP contribution in [0.5, 0.6) is 11.5 Å². The second-order valence-corrected chi connectivity index (χ2v) is 6.61. The Bertz CT molecular complexity index is 810. The number of carbonyl (C=O) groups is 1. The molecular weight excluding hydrogens is 392 g/mol. The Balaban J connectivity index is 1.40. The van der Waals surface area contributed by atoms with E-state index in [0.717, 1.165) is 5.56 Å². The molecule has 1 fully saturated rings. The van der Waals surface area contributed by atoms with E-state index in [1.54, 1.807) is 17.0 Å². The number of hydrogen-bond acceptors (Lipinski definition) is 4. The Labute approximate surface area is 165 Å². The van der Waals surface area contributed by atoms with Crippen molar-refractivity contribution in [3.8, 4) is 11.5 Å². The maximum atomic E-state index is 12.9. The molecule has 0 unspecified atom stereocenters. The highest BCUT2D eigenvalue weighted by molar-refractivity contribution is 5.76. The zero-order valence-electron chi connectivity index (χ0n) is 15.5. The van der Waals surface area contributed by atoms with Crippen LogP contribution in [0.2, 0.25) is 0 Å².